The van der Waals surface area contributed by atoms with Crippen molar-refractivity contribution in [2.24, 2.45) is 0 Å². The molecule has 13 heavy (non-hydrogen) atoms. The summed E-state index contributed by atoms with van der Waals surface area (Å²) >= 11 is 1.75. The molecule has 1 atom stereocenters. The fourth-order valence-corrected chi connectivity index (χ4v) is 2.50. The van der Waals surface area contributed by atoms with Crippen LogP contribution in [0.25, 0.3) is 0 Å². The van der Waals surface area contributed by atoms with Crippen LogP contribution in [0.1, 0.15) is 35.6 Å². The van der Waals surface area contributed by atoms with Gasteiger partial charge >= 0.3 is 5.97 Å². The van der Waals surface area contributed by atoms with Gasteiger partial charge in [-0.3, -0.25) is 4.79 Å². The molecule has 1 unspecified atom stereocenters. The third-order valence-corrected chi connectivity index (χ3v) is 3.55. The molecule has 1 saturated heterocycles. The van der Waals surface area contributed by atoms with Crippen LogP contribution in [0.3, 0.4) is 0 Å². The number of esters is 1. The van der Waals surface area contributed by atoms with Crippen LogP contribution in [-0.2, 0) is 16.0 Å². The summed E-state index contributed by atoms with van der Waals surface area (Å²) in [6.07, 6.45) is 2.52. The van der Waals surface area contributed by atoms with Crippen molar-refractivity contribution in [2.75, 3.05) is 0 Å². The Morgan fingerprint density at radius 1 is 1.62 bits per heavy atom. The largest absolute Gasteiger partial charge is 0.457 e. The van der Waals surface area contributed by atoms with Crippen molar-refractivity contribution in [3.8, 4) is 0 Å². The summed E-state index contributed by atoms with van der Waals surface area (Å²) in [6, 6.07) is 4.19. The third-order valence-electron chi connectivity index (χ3n) is 2.23. The van der Waals surface area contributed by atoms with Crippen LogP contribution in [-0.4, -0.2) is 5.97 Å². The highest BCUT2D eigenvalue weighted by Gasteiger charge is 2.25. The first-order valence-corrected chi connectivity index (χ1v) is 5.39. The minimum atomic E-state index is -0.0588. The molecule has 0 spiro atoms. The van der Waals surface area contributed by atoms with Gasteiger partial charge in [-0.25, -0.2) is 0 Å². The topological polar surface area (TPSA) is 26.3 Å². The fraction of sp³-hybridized carbons (Fsp3) is 0.500. The van der Waals surface area contributed by atoms with E-state index < -0.39 is 0 Å². The number of hydrogen-bond acceptors (Lipinski definition) is 3. The maximum Gasteiger partial charge on any atom is 0.306 e. The maximum absolute atomic E-state index is 10.9. The van der Waals surface area contributed by atoms with E-state index >= 15 is 0 Å². The smallest absolute Gasteiger partial charge is 0.306 e. The standard InChI is InChI=1S/C10H12O2S/c1-2-7-3-5-9(13-7)8-4-6-10(11)12-8/h3,5,8H,2,4,6H2,1H3. The first-order chi connectivity index (χ1) is 6.29. The number of carbonyl (C=O) groups is 1. The number of thiophene rings is 1. The number of ether oxygens (including phenoxy) is 1. The van der Waals surface area contributed by atoms with E-state index in [-0.39, 0.29) is 12.1 Å². The lowest BCUT2D eigenvalue weighted by molar-refractivity contribution is -0.141. The zero-order valence-corrected chi connectivity index (χ0v) is 8.39. The van der Waals surface area contributed by atoms with Gasteiger partial charge in [0.05, 0.1) is 0 Å². The van der Waals surface area contributed by atoms with E-state index in [1.807, 2.05) is 0 Å². The van der Waals surface area contributed by atoms with Gasteiger partial charge in [-0.05, 0) is 25.0 Å². The number of aryl methyl sites for hydroxylation is 1. The van der Waals surface area contributed by atoms with E-state index in [9.17, 15) is 4.79 Å². The van der Waals surface area contributed by atoms with E-state index in [4.69, 9.17) is 4.74 Å². The maximum atomic E-state index is 10.9. The SMILES string of the molecule is CCc1ccc(C2CCC(=O)O2)s1. The summed E-state index contributed by atoms with van der Waals surface area (Å²) in [6.45, 7) is 2.14. The highest BCUT2D eigenvalue weighted by Crippen LogP contribution is 2.33. The van der Waals surface area contributed by atoms with Crippen LogP contribution in [0, 0.1) is 0 Å². The van der Waals surface area contributed by atoms with Crippen molar-refractivity contribution in [3.05, 3.63) is 21.9 Å². The Morgan fingerprint density at radius 2 is 2.46 bits per heavy atom. The van der Waals surface area contributed by atoms with Crippen LogP contribution in [0.2, 0.25) is 0 Å². The molecule has 0 aliphatic carbocycles. The van der Waals surface area contributed by atoms with Crippen molar-refractivity contribution in [1.82, 2.24) is 0 Å². The molecule has 0 N–H and O–H groups in total. The van der Waals surface area contributed by atoms with Gasteiger partial charge < -0.3 is 4.74 Å². The first-order valence-electron chi connectivity index (χ1n) is 4.57. The first kappa shape index (κ1) is 8.75. The predicted octanol–water partition coefficient (Wildman–Crippen LogP) is 2.69. The molecule has 1 aliphatic rings. The Morgan fingerprint density at radius 3 is 3.00 bits per heavy atom. The summed E-state index contributed by atoms with van der Waals surface area (Å²) in [7, 11) is 0. The summed E-state index contributed by atoms with van der Waals surface area (Å²) in [4.78, 5) is 13.4. The van der Waals surface area contributed by atoms with Gasteiger partial charge in [0.25, 0.3) is 0 Å². The molecule has 1 aromatic heterocycles. The molecule has 1 aliphatic heterocycles. The number of rotatable bonds is 2. The summed E-state index contributed by atoms with van der Waals surface area (Å²) in [5.74, 6) is -0.0588. The lowest BCUT2D eigenvalue weighted by atomic mass is 10.2. The Labute approximate surface area is 81.5 Å². The van der Waals surface area contributed by atoms with Crippen LogP contribution in [0.15, 0.2) is 12.1 Å². The van der Waals surface area contributed by atoms with Gasteiger partial charge in [0.15, 0.2) is 0 Å². The van der Waals surface area contributed by atoms with Gasteiger partial charge in [0.2, 0.25) is 0 Å². The second-order valence-corrected chi connectivity index (χ2v) is 4.37. The lowest BCUT2D eigenvalue weighted by Crippen LogP contribution is -1.95. The summed E-state index contributed by atoms with van der Waals surface area (Å²) < 4.78 is 5.18. The molecule has 1 aromatic rings. The number of cyclic esters (lactones) is 1. The summed E-state index contributed by atoms with van der Waals surface area (Å²) in [5, 5.41) is 0. The molecule has 0 amide bonds. The molecule has 0 aromatic carbocycles. The molecule has 1 fully saturated rings. The highest BCUT2D eigenvalue weighted by atomic mass is 32.1. The van der Waals surface area contributed by atoms with Gasteiger partial charge in [0, 0.05) is 16.2 Å². The normalized spacial score (nSPS) is 21.9. The van der Waals surface area contributed by atoms with Gasteiger partial charge in [0.1, 0.15) is 6.10 Å². The molecule has 3 heteroatoms. The summed E-state index contributed by atoms with van der Waals surface area (Å²) in [5.41, 5.74) is 0. The Hall–Kier alpha value is -0.830. The van der Waals surface area contributed by atoms with Crippen molar-refractivity contribution < 1.29 is 9.53 Å². The molecule has 0 radical (unpaired) electrons. The molecule has 0 bridgehead atoms. The minimum absolute atomic E-state index is 0.0396. The average molecular weight is 196 g/mol. The number of carbonyl (C=O) groups excluding carboxylic acids is 1. The van der Waals surface area contributed by atoms with Crippen LogP contribution < -0.4 is 0 Å². The van der Waals surface area contributed by atoms with Crippen molar-refractivity contribution >= 4 is 17.3 Å². The predicted molar refractivity (Wildman–Crippen MR) is 51.8 cm³/mol. The molecule has 70 valence electrons. The molecule has 2 heterocycles. The van der Waals surface area contributed by atoms with Crippen molar-refractivity contribution in [1.29, 1.82) is 0 Å². The van der Waals surface area contributed by atoms with Gasteiger partial charge in [-0.2, -0.15) is 0 Å². The Bertz CT molecular complexity index is 316. The van der Waals surface area contributed by atoms with E-state index in [2.05, 4.69) is 19.1 Å². The van der Waals surface area contributed by atoms with E-state index in [1.54, 1.807) is 11.3 Å². The molecular weight excluding hydrogens is 184 g/mol. The molecule has 0 saturated carbocycles. The van der Waals surface area contributed by atoms with Gasteiger partial charge in [-0.1, -0.05) is 6.92 Å². The quantitative estimate of drug-likeness (QED) is 0.680. The third kappa shape index (κ3) is 1.75. The second kappa shape index (κ2) is 3.50. The molecular formula is C10H12O2S. The average Bonchev–Trinajstić information content (AvgIpc) is 2.71. The van der Waals surface area contributed by atoms with Crippen molar-refractivity contribution in [2.45, 2.75) is 32.3 Å². The van der Waals surface area contributed by atoms with Crippen LogP contribution in [0.4, 0.5) is 0 Å². The van der Waals surface area contributed by atoms with E-state index in [0.717, 1.165) is 12.8 Å². The zero-order valence-electron chi connectivity index (χ0n) is 7.58. The fourth-order valence-electron chi connectivity index (χ4n) is 1.48. The monoisotopic (exact) mass is 196 g/mol. The van der Waals surface area contributed by atoms with Gasteiger partial charge in [-0.15, -0.1) is 11.3 Å². The Kier molecular flexibility index (Phi) is 2.36. The zero-order chi connectivity index (χ0) is 9.26. The van der Waals surface area contributed by atoms with Crippen LogP contribution >= 0.6 is 11.3 Å². The van der Waals surface area contributed by atoms with Crippen molar-refractivity contribution in [3.63, 3.8) is 0 Å². The highest BCUT2D eigenvalue weighted by molar-refractivity contribution is 7.12. The molecule has 2 nitrogen and oxygen atoms in total. The number of hydrogen-bond donors (Lipinski definition) is 0. The molecule has 2 rings (SSSR count). The van der Waals surface area contributed by atoms with E-state index in [1.165, 1.54) is 9.75 Å². The lowest BCUT2D eigenvalue weighted by Gasteiger charge is -2.04. The van der Waals surface area contributed by atoms with E-state index in [0.29, 0.717) is 6.42 Å². The van der Waals surface area contributed by atoms with Crippen LogP contribution in [0.5, 0.6) is 0 Å². The minimum Gasteiger partial charge on any atom is -0.457 e. The second-order valence-electron chi connectivity index (χ2n) is 3.17. The Balaban J connectivity index is 2.12.